The molecule has 0 spiro atoms. The average molecular weight is 282 g/mol. The third kappa shape index (κ3) is 4.56. The van der Waals surface area contributed by atoms with E-state index in [1.807, 2.05) is 0 Å². The lowest BCUT2D eigenvalue weighted by molar-refractivity contribution is 0.0149. The van der Waals surface area contributed by atoms with Crippen molar-refractivity contribution in [3.05, 3.63) is 35.6 Å². The number of amides is 1. The van der Waals surface area contributed by atoms with E-state index in [9.17, 15) is 14.3 Å². The summed E-state index contributed by atoms with van der Waals surface area (Å²) in [4.78, 5) is 13.9. The predicted molar refractivity (Wildman–Crippen MR) is 72.0 cm³/mol. The summed E-state index contributed by atoms with van der Waals surface area (Å²) in [7, 11) is 0. The molecule has 0 bridgehead atoms. The first-order valence-electron chi connectivity index (χ1n) is 6.67. The molecule has 1 heterocycles. The number of nitrogens with one attached hydrogen (secondary N) is 1. The molecule has 6 heteroatoms. The van der Waals surface area contributed by atoms with Crippen LogP contribution in [-0.2, 0) is 4.74 Å². The number of hydrogen-bond donors (Lipinski definition) is 2. The second-order valence-electron chi connectivity index (χ2n) is 4.78. The monoisotopic (exact) mass is 282 g/mol. The first kappa shape index (κ1) is 14.9. The molecule has 0 aromatic heterocycles. The third-order valence-electron chi connectivity index (χ3n) is 3.18. The van der Waals surface area contributed by atoms with Crippen LogP contribution in [0.15, 0.2) is 24.3 Å². The van der Waals surface area contributed by atoms with Gasteiger partial charge in [0.05, 0.1) is 19.3 Å². The van der Waals surface area contributed by atoms with Crippen LogP contribution in [0.1, 0.15) is 10.4 Å². The minimum atomic E-state index is -0.627. The van der Waals surface area contributed by atoms with Gasteiger partial charge in [-0.05, 0) is 24.3 Å². The Morgan fingerprint density at radius 2 is 2.00 bits per heavy atom. The Kier molecular flexibility index (Phi) is 5.46. The number of aliphatic hydroxyl groups excluding tert-OH is 1. The van der Waals surface area contributed by atoms with E-state index in [-0.39, 0.29) is 18.3 Å². The number of rotatable bonds is 5. The van der Waals surface area contributed by atoms with Crippen LogP contribution in [0.2, 0.25) is 0 Å². The van der Waals surface area contributed by atoms with Crippen LogP contribution >= 0.6 is 0 Å². The molecule has 1 fully saturated rings. The summed E-state index contributed by atoms with van der Waals surface area (Å²) in [5, 5.41) is 12.5. The van der Waals surface area contributed by atoms with Crippen molar-refractivity contribution < 1.29 is 19.0 Å². The van der Waals surface area contributed by atoms with Crippen LogP contribution in [0, 0.1) is 5.82 Å². The van der Waals surface area contributed by atoms with E-state index in [2.05, 4.69) is 10.2 Å². The molecule has 0 saturated carbocycles. The van der Waals surface area contributed by atoms with Crippen molar-refractivity contribution in [2.45, 2.75) is 6.10 Å². The fourth-order valence-electron chi connectivity index (χ4n) is 2.06. The van der Waals surface area contributed by atoms with E-state index in [1.165, 1.54) is 24.3 Å². The van der Waals surface area contributed by atoms with Gasteiger partial charge in [0.2, 0.25) is 0 Å². The van der Waals surface area contributed by atoms with Crippen molar-refractivity contribution >= 4 is 5.91 Å². The molecule has 1 saturated heterocycles. The molecule has 20 heavy (non-hydrogen) atoms. The molecular formula is C14H19FN2O3. The zero-order chi connectivity index (χ0) is 14.4. The van der Waals surface area contributed by atoms with E-state index in [1.54, 1.807) is 0 Å². The van der Waals surface area contributed by atoms with Crippen LogP contribution < -0.4 is 5.32 Å². The number of morpholine rings is 1. The van der Waals surface area contributed by atoms with Gasteiger partial charge in [-0.1, -0.05) is 0 Å². The van der Waals surface area contributed by atoms with Crippen LogP contribution in [0.25, 0.3) is 0 Å². The Morgan fingerprint density at radius 3 is 2.65 bits per heavy atom. The van der Waals surface area contributed by atoms with E-state index in [4.69, 9.17) is 4.74 Å². The molecule has 1 aliphatic heterocycles. The summed E-state index contributed by atoms with van der Waals surface area (Å²) in [6.45, 7) is 3.62. The summed E-state index contributed by atoms with van der Waals surface area (Å²) in [5.74, 6) is -0.695. The number of halogens is 1. The van der Waals surface area contributed by atoms with Gasteiger partial charge < -0.3 is 15.2 Å². The zero-order valence-electron chi connectivity index (χ0n) is 11.2. The molecule has 2 N–H and O–H groups in total. The summed E-state index contributed by atoms with van der Waals surface area (Å²) < 4.78 is 18.0. The van der Waals surface area contributed by atoms with Crippen molar-refractivity contribution in [2.24, 2.45) is 0 Å². The number of benzene rings is 1. The first-order chi connectivity index (χ1) is 9.65. The second kappa shape index (κ2) is 7.33. The minimum Gasteiger partial charge on any atom is -0.390 e. The van der Waals surface area contributed by atoms with Gasteiger partial charge in [0.1, 0.15) is 5.82 Å². The van der Waals surface area contributed by atoms with Crippen molar-refractivity contribution in [1.82, 2.24) is 10.2 Å². The van der Waals surface area contributed by atoms with Gasteiger partial charge in [0.15, 0.2) is 0 Å². The molecule has 1 atom stereocenters. The maximum atomic E-state index is 12.7. The number of nitrogens with zero attached hydrogens (tertiary/aromatic N) is 1. The molecule has 5 nitrogen and oxygen atoms in total. The van der Waals surface area contributed by atoms with Crippen molar-refractivity contribution in [2.75, 3.05) is 39.4 Å². The van der Waals surface area contributed by atoms with Gasteiger partial charge in [-0.15, -0.1) is 0 Å². The SMILES string of the molecule is O=C(NCC(O)CN1CCOCC1)c1ccc(F)cc1. The molecule has 110 valence electrons. The highest BCUT2D eigenvalue weighted by molar-refractivity contribution is 5.94. The molecule has 0 aliphatic carbocycles. The lowest BCUT2D eigenvalue weighted by Crippen LogP contribution is -2.44. The van der Waals surface area contributed by atoms with E-state index >= 15 is 0 Å². The van der Waals surface area contributed by atoms with E-state index < -0.39 is 6.10 Å². The predicted octanol–water partition coefficient (Wildman–Crippen LogP) is 0.249. The number of carbonyl (C=O) groups is 1. The van der Waals surface area contributed by atoms with Crippen molar-refractivity contribution in [1.29, 1.82) is 0 Å². The Morgan fingerprint density at radius 1 is 1.35 bits per heavy atom. The minimum absolute atomic E-state index is 0.174. The number of aliphatic hydroxyl groups is 1. The van der Waals surface area contributed by atoms with E-state index in [0.29, 0.717) is 25.3 Å². The second-order valence-corrected chi connectivity index (χ2v) is 4.78. The normalized spacial score (nSPS) is 17.7. The van der Waals surface area contributed by atoms with Gasteiger partial charge in [-0.2, -0.15) is 0 Å². The van der Waals surface area contributed by atoms with Gasteiger partial charge in [0, 0.05) is 31.7 Å². The maximum Gasteiger partial charge on any atom is 0.251 e. The number of hydrogen-bond acceptors (Lipinski definition) is 4. The van der Waals surface area contributed by atoms with Crippen LogP contribution in [0.5, 0.6) is 0 Å². The first-order valence-corrected chi connectivity index (χ1v) is 6.67. The smallest absolute Gasteiger partial charge is 0.251 e. The maximum absolute atomic E-state index is 12.7. The Labute approximate surface area is 117 Å². The van der Waals surface area contributed by atoms with Gasteiger partial charge in [-0.3, -0.25) is 9.69 Å². The van der Waals surface area contributed by atoms with Gasteiger partial charge >= 0.3 is 0 Å². The Bertz CT molecular complexity index is 433. The standard InChI is InChI=1S/C14H19FN2O3/c15-12-3-1-11(2-4-12)14(19)16-9-13(18)10-17-5-7-20-8-6-17/h1-4,13,18H,5-10H2,(H,16,19). The van der Waals surface area contributed by atoms with Crippen LogP contribution in [0.3, 0.4) is 0 Å². The molecule has 1 aromatic carbocycles. The zero-order valence-corrected chi connectivity index (χ0v) is 11.2. The van der Waals surface area contributed by atoms with Crippen molar-refractivity contribution in [3.8, 4) is 0 Å². The molecular weight excluding hydrogens is 263 g/mol. The average Bonchev–Trinajstić information content (AvgIpc) is 2.46. The molecule has 0 radical (unpaired) electrons. The van der Waals surface area contributed by atoms with Crippen LogP contribution in [-0.4, -0.2) is 61.4 Å². The van der Waals surface area contributed by atoms with Gasteiger partial charge in [0.25, 0.3) is 5.91 Å². The molecule has 1 amide bonds. The lowest BCUT2D eigenvalue weighted by Gasteiger charge is -2.28. The fourth-order valence-corrected chi connectivity index (χ4v) is 2.06. The highest BCUT2D eigenvalue weighted by Gasteiger charge is 2.15. The highest BCUT2D eigenvalue weighted by atomic mass is 19.1. The fraction of sp³-hybridized carbons (Fsp3) is 0.500. The Hall–Kier alpha value is -1.50. The number of β-amino-alcohol motifs (C(OH)–C–C–N with tert-alkyl or cyclic N) is 1. The quantitative estimate of drug-likeness (QED) is 0.812. The van der Waals surface area contributed by atoms with Crippen molar-refractivity contribution in [3.63, 3.8) is 0 Å². The largest absolute Gasteiger partial charge is 0.390 e. The Balaban J connectivity index is 1.73. The molecule has 1 unspecified atom stereocenters. The summed E-state index contributed by atoms with van der Waals surface area (Å²) in [6, 6.07) is 5.30. The lowest BCUT2D eigenvalue weighted by atomic mass is 10.2. The molecule has 1 aromatic rings. The van der Waals surface area contributed by atoms with E-state index in [0.717, 1.165) is 13.1 Å². The summed E-state index contributed by atoms with van der Waals surface area (Å²) in [6.07, 6.45) is -0.627. The molecule has 1 aliphatic rings. The number of carbonyl (C=O) groups excluding carboxylic acids is 1. The summed E-state index contributed by atoms with van der Waals surface area (Å²) >= 11 is 0. The van der Waals surface area contributed by atoms with Gasteiger partial charge in [-0.25, -0.2) is 4.39 Å². The summed E-state index contributed by atoms with van der Waals surface area (Å²) in [5.41, 5.74) is 0.380. The third-order valence-corrected chi connectivity index (χ3v) is 3.18. The molecule has 2 rings (SSSR count). The number of ether oxygens (including phenoxy) is 1. The highest BCUT2D eigenvalue weighted by Crippen LogP contribution is 2.03. The van der Waals surface area contributed by atoms with Crippen LogP contribution in [0.4, 0.5) is 4.39 Å². The topological polar surface area (TPSA) is 61.8 Å².